The van der Waals surface area contributed by atoms with Crippen LogP contribution in [0.3, 0.4) is 0 Å². The number of rotatable bonds is 3. The van der Waals surface area contributed by atoms with Crippen LogP contribution in [0.15, 0.2) is 34.9 Å². The van der Waals surface area contributed by atoms with Gasteiger partial charge in [0.25, 0.3) is 0 Å². The molecule has 17 heavy (non-hydrogen) atoms. The van der Waals surface area contributed by atoms with Crippen LogP contribution in [0.5, 0.6) is 17.6 Å². The third-order valence-corrected chi connectivity index (χ3v) is 2.52. The second kappa shape index (κ2) is 5.01. The molecule has 0 saturated heterocycles. The van der Waals surface area contributed by atoms with E-state index in [-0.39, 0.29) is 6.01 Å². The summed E-state index contributed by atoms with van der Waals surface area (Å²) < 4.78 is 11.2. The molecule has 0 atom stereocenters. The summed E-state index contributed by atoms with van der Waals surface area (Å²) in [7, 11) is 1.53. The summed E-state index contributed by atoms with van der Waals surface area (Å²) in [5.41, 5.74) is 6.25. The molecule has 1 aromatic carbocycles. The number of anilines is 1. The summed E-state index contributed by atoms with van der Waals surface area (Å²) in [5.74, 6) is 1.04. The second-order valence-corrected chi connectivity index (χ2v) is 4.04. The van der Waals surface area contributed by atoms with E-state index >= 15 is 0 Å². The number of methoxy groups -OCH3 is 1. The molecule has 5 nitrogen and oxygen atoms in total. The molecule has 0 saturated carbocycles. The van der Waals surface area contributed by atoms with E-state index in [4.69, 9.17) is 15.2 Å². The number of benzene rings is 1. The van der Waals surface area contributed by atoms with Crippen molar-refractivity contribution in [2.45, 2.75) is 0 Å². The monoisotopic (exact) mass is 295 g/mol. The number of hydrogen-bond acceptors (Lipinski definition) is 5. The van der Waals surface area contributed by atoms with Crippen molar-refractivity contribution >= 4 is 21.6 Å². The zero-order chi connectivity index (χ0) is 12.3. The van der Waals surface area contributed by atoms with E-state index in [9.17, 15) is 0 Å². The quantitative estimate of drug-likeness (QED) is 0.882. The van der Waals surface area contributed by atoms with Crippen molar-refractivity contribution in [2.75, 3.05) is 12.8 Å². The summed E-state index contributed by atoms with van der Waals surface area (Å²) in [5, 5.41) is 0. The lowest BCUT2D eigenvalue weighted by atomic mass is 10.3. The Kier molecular flexibility index (Phi) is 3.43. The number of halogens is 1. The smallest absolute Gasteiger partial charge is 0.325 e. The third-order valence-electron chi connectivity index (χ3n) is 1.97. The van der Waals surface area contributed by atoms with Gasteiger partial charge in [0.2, 0.25) is 5.88 Å². The van der Waals surface area contributed by atoms with Crippen LogP contribution in [0.25, 0.3) is 0 Å². The molecule has 0 fully saturated rings. The molecule has 1 heterocycles. The van der Waals surface area contributed by atoms with Crippen molar-refractivity contribution in [3.8, 4) is 17.6 Å². The van der Waals surface area contributed by atoms with Crippen molar-refractivity contribution in [1.82, 2.24) is 9.97 Å². The fourth-order valence-corrected chi connectivity index (χ4v) is 1.52. The molecule has 0 radical (unpaired) electrons. The highest BCUT2D eigenvalue weighted by atomic mass is 79.9. The van der Waals surface area contributed by atoms with Gasteiger partial charge in [0.05, 0.1) is 17.8 Å². The van der Waals surface area contributed by atoms with Crippen LogP contribution in [0.1, 0.15) is 0 Å². The van der Waals surface area contributed by atoms with Gasteiger partial charge in [-0.25, -0.2) is 4.98 Å². The average molecular weight is 296 g/mol. The molecular formula is C11H10BrN3O2. The van der Waals surface area contributed by atoms with Gasteiger partial charge in [-0.3, -0.25) is 0 Å². The lowest BCUT2D eigenvalue weighted by Crippen LogP contribution is -1.95. The number of nitrogen functional groups attached to an aromatic ring is 1. The first-order valence-electron chi connectivity index (χ1n) is 4.79. The molecule has 6 heteroatoms. The molecule has 0 unspecified atom stereocenters. The average Bonchev–Trinajstić information content (AvgIpc) is 2.34. The highest BCUT2D eigenvalue weighted by Crippen LogP contribution is 2.25. The molecule has 0 aliphatic heterocycles. The second-order valence-electron chi connectivity index (χ2n) is 3.18. The van der Waals surface area contributed by atoms with Gasteiger partial charge in [0.1, 0.15) is 5.75 Å². The molecule has 2 rings (SSSR count). The lowest BCUT2D eigenvalue weighted by Gasteiger charge is -2.06. The zero-order valence-electron chi connectivity index (χ0n) is 9.05. The maximum absolute atomic E-state index is 5.57. The van der Waals surface area contributed by atoms with Gasteiger partial charge >= 0.3 is 6.01 Å². The van der Waals surface area contributed by atoms with Crippen LogP contribution in [0.2, 0.25) is 0 Å². The standard InChI is InChI=1S/C11H10BrN3O2/c1-16-10-9(12)6-14-11(15-10)17-8-4-2-7(13)3-5-8/h2-6H,13H2,1H3. The molecule has 88 valence electrons. The minimum atomic E-state index is 0.217. The zero-order valence-corrected chi connectivity index (χ0v) is 10.6. The summed E-state index contributed by atoms with van der Waals surface area (Å²) >= 11 is 3.26. The van der Waals surface area contributed by atoms with Gasteiger partial charge < -0.3 is 15.2 Å². The van der Waals surface area contributed by atoms with E-state index in [1.165, 1.54) is 7.11 Å². The van der Waals surface area contributed by atoms with E-state index in [0.29, 0.717) is 21.8 Å². The predicted molar refractivity (Wildman–Crippen MR) is 67.2 cm³/mol. The van der Waals surface area contributed by atoms with Gasteiger partial charge in [-0.05, 0) is 40.2 Å². The number of hydrogen-bond donors (Lipinski definition) is 1. The molecule has 0 aliphatic carbocycles. The molecule has 2 aromatic rings. The van der Waals surface area contributed by atoms with Crippen molar-refractivity contribution in [3.63, 3.8) is 0 Å². The topological polar surface area (TPSA) is 70.3 Å². The first-order chi connectivity index (χ1) is 8.19. The van der Waals surface area contributed by atoms with Crippen LogP contribution in [-0.4, -0.2) is 17.1 Å². The molecule has 0 amide bonds. The minimum Gasteiger partial charge on any atom is -0.480 e. The van der Waals surface area contributed by atoms with Crippen molar-refractivity contribution in [1.29, 1.82) is 0 Å². The molecule has 1 aromatic heterocycles. The van der Waals surface area contributed by atoms with Crippen molar-refractivity contribution in [3.05, 3.63) is 34.9 Å². The van der Waals surface area contributed by atoms with Crippen LogP contribution in [-0.2, 0) is 0 Å². The van der Waals surface area contributed by atoms with Gasteiger partial charge in [-0.1, -0.05) is 0 Å². The lowest BCUT2D eigenvalue weighted by molar-refractivity contribution is 0.373. The van der Waals surface area contributed by atoms with Gasteiger partial charge in [-0.15, -0.1) is 0 Å². The summed E-state index contributed by atoms with van der Waals surface area (Å²) in [6.07, 6.45) is 1.57. The van der Waals surface area contributed by atoms with E-state index in [0.717, 1.165) is 0 Å². The minimum absolute atomic E-state index is 0.217. The maximum atomic E-state index is 5.57. The Morgan fingerprint density at radius 2 is 1.94 bits per heavy atom. The summed E-state index contributed by atoms with van der Waals surface area (Å²) in [4.78, 5) is 8.09. The Labute approximate surface area is 107 Å². The van der Waals surface area contributed by atoms with Crippen molar-refractivity contribution < 1.29 is 9.47 Å². The fraction of sp³-hybridized carbons (Fsp3) is 0.0909. The fourth-order valence-electron chi connectivity index (χ4n) is 1.17. The van der Waals surface area contributed by atoms with Crippen LogP contribution < -0.4 is 15.2 Å². The van der Waals surface area contributed by atoms with Gasteiger partial charge in [0, 0.05) is 5.69 Å². The number of aromatic nitrogens is 2. The highest BCUT2D eigenvalue weighted by molar-refractivity contribution is 9.10. The molecule has 0 aliphatic rings. The first kappa shape index (κ1) is 11.7. The number of nitrogens with zero attached hydrogens (tertiary/aromatic N) is 2. The molecular weight excluding hydrogens is 286 g/mol. The van der Waals surface area contributed by atoms with Crippen LogP contribution in [0.4, 0.5) is 5.69 Å². The summed E-state index contributed by atoms with van der Waals surface area (Å²) in [6, 6.07) is 7.19. The predicted octanol–water partition coefficient (Wildman–Crippen LogP) is 2.62. The summed E-state index contributed by atoms with van der Waals surface area (Å²) in [6.45, 7) is 0. The largest absolute Gasteiger partial charge is 0.480 e. The normalized spacial score (nSPS) is 10.0. The SMILES string of the molecule is COc1nc(Oc2ccc(N)cc2)ncc1Br. The number of nitrogens with two attached hydrogens (primary N) is 1. The first-order valence-corrected chi connectivity index (χ1v) is 5.58. The molecule has 2 N–H and O–H groups in total. The molecule has 0 spiro atoms. The van der Waals surface area contributed by atoms with E-state index in [1.807, 2.05) is 0 Å². The van der Waals surface area contributed by atoms with Gasteiger partial charge in [-0.2, -0.15) is 4.98 Å². The van der Waals surface area contributed by atoms with Gasteiger partial charge in [0.15, 0.2) is 0 Å². The van der Waals surface area contributed by atoms with Crippen LogP contribution >= 0.6 is 15.9 Å². The Hall–Kier alpha value is -1.82. The Balaban J connectivity index is 2.21. The Morgan fingerprint density at radius 1 is 1.24 bits per heavy atom. The Bertz CT molecular complexity index is 517. The third kappa shape index (κ3) is 2.85. The van der Waals surface area contributed by atoms with Crippen LogP contribution in [0, 0.1) is 0 Å². The van der Waals surface area contributed by atoms with E-state index in [1.54, 1.807) is 30.5 Å². The van der Waals surface area contributed by atoms with Crippen molar-refractivity contribution in [2.24, 2.45) is 0 Å². The maximum Gasteiger partial charge on any atom is 0.325 e. The van der Waals surface area contributed by atoms with E-state index < -0.39 is 0 Å². The highest BCUT2D eigenvalue weighted by Gasteiger charge is 2.06. The Morgan fingerprint density at radius 3 is 2.59 bits per heavy atom. The molecule has 0 bridgehead atoms. The van der Waals surface area contributed by atoms with E-state index in [2.05, 4.69) is 25.9 Å². The number of ether oxygens (including phenoxy) is 2.